The molecule has 1 aromatic heterocycles. The zero-order valence-electron chi connectivity index (χ0n) is 11.9. The molecule has 1 amide bonds. The molecule has 2 rings (SSSR count). The second-order valence-corrected chi connectivity index (χ2v) is 6.18. The first-order valence-electron chi connectivity index (χ1n) is 6.67. The molecule has 1 N–H and O–H groups in total. The van der Waals surface area contributed by atoms with Gasteiger partial charge in [-0.3, -0.25) is 4.79 Å². The van der Waals surface area contributed by atoms with Gasteiger partial charge in [0.25, 0.3) is 0 Å². The molecular weight excluding hydrogens is 308 g/mol. The highest BCUT2D eigenvalue weighted by molar-refractivity contribution is 8.00. The number of benzene rings is 1. The van der Waals surface area contributed by atoms with Crippen LogP contribution in [0.2, 0.25) is 5.02 Å². The molecule has 112 valence electrons. The molecule has 0 saturated heterocycles. The van der Waals surface area contributed by atoms with E-state index in [9.17, 15) is 4.79 Å². The van der Waals surface area contributed by atoms with Crippen molar-refractivity contribution >= 4 is 29.3 Å². The molecule has 0 saturated carbocycles. The minimum atomic E-state index is -0.248. The van der Waals surface area contributed by atoms with Crippen molar-refractivity contribution in [2.45, 2.75) is 37.3 Å². The first-order chi connectivity index (χ1) is 10.1. The van der Waals surface area contributed by atoms with Crippen molar-refractivity contribution in [3.63, 3.8) is 0 Å². The summed E-state index contributed by atoms with van der Waals surface area (Å²) in [6, 6.07) is 7.47. The van der Waals surface area contributed by atoms with Crippen LogP contribution in [0.15, 0.2) is 35.7 Å². The first-order valence-corrected chi connectivity index (χ1v) is 7.93. The maximum Gasteiger partial charge on any atom is 0.233 e. The second kappa shape index (κ2) is 7.47. The van der Waals surface area contributed by atoms with E-state index in [0.717, 1.165) is 17.3 Å². The fourth-order valence-electron chi connectivity index (χ4n) is 1.73. The summed E-state index contributed by atoms with van der Waals surface area (Å²) in [4.78, 5) is 12.1. The second-order valence-electron chi connectivity index (χ2n) is 4.47. The van der Waals surface area contributed by atoms with Gasteiger partial charge in [0.2, 0.25) is 5.91 Å². The fourth-order valence-corrected chi connectivity index (χ4v) is 2.85. The van der Waals surface area contributed by atoms with Crippen molar-refractivity contribution in [3.05, 3.63) is 41.2 Å². The maximum absolute atomic E-state index is 12.1. The van der Waals surface area contributed by atoms with E-state index in [1.807, 2.05) is 42.7 Å². The van der Waals surface area contributed by atoms with Gasteiger partial charge in [-0.25, -0.2) is 0 Å². The van der Waals surface area contributed by atoms with E-state index in [-0.39, 0.29) is 11.2 Å². The largest absolute Gasteiger partial charge is 0.351 e. The Hall–Kier alpha value is -1.53. The summed E-state index contributed by atoms with van der Waals surface area (Å²) >= 11 is 7.46. The molecular formula is C14H17ClN4OS. The number of thioether (sulfide) groups is 1. The molecule has 0 fully saturated rings. The van der Waals surface area contributed by atoms with E-state index in [1.165, 1.54) is 11.8 Å². The average Bonchev–Trinajstić information content (AvgIpc) is 2.93. The van der Waals surface area contributed by atoms with Crippen molar-refractivity contribution in [2.75, 3.05) is 0 Å². The number of carbonyl (C=O) groups excluding carboxylic acids is 1. The monoisotopic (exact) mass is 324 g/mol. The van der Waals surface area contributed by atoms with Crippen LogP contribution in [0.3, 0.4) is 0 Å². The number of hydrogen-bond acceptors (Lipinski definition) is 4. The summed E-state index contributed by atoms with van der Waals surface area (Å²) < 4.78 is 1.91. The molecule has 2 aromatic rings. The Bertz CT molecular complexity index is 617. The molecule has 0 aliphatic rings. The molecule has 0 aliphatic carbocycles. The van der Waals surface area contributed by atoms with Crippen LogP contribution in [0.25, 0.3) is 0 Å². The van der Waals surface area contributed by atoms with E-state index in [4.69, 9.17) is 11.6 Å². The highest BCUT2D eigenvalue weighted by atomic mass is 35.5. The molecule has 1 atom stereocenters. The third-order valence-electron chi connectivity index (χ3n) is 2.98. The van der Waals surface area contributed by atoms with Crippen LogP contribution in [0.4, 0.5) is 0 Å². The van der Waals surface area contributed by atoms with Crippen molar-refractivity contribution in [3.8, 4) is 0 Å². The lowest BCUT2D eigenvalue weighted by atomic mass is 10.2. The van der Waals surface area contributed by atoms with Crippen molar-refractivity contribution in [1.29, 1.82) is 0 Å². The molecule has 7 heteroatoms. The standard InChI is InChI=1S/C14H17ClN4OS/c1-3-19-9-17-18-14(19)21-10(2)13(20)16-8-11-6-4-5-7-12(11)15/h4-7,9-10H,3,8H2,1-2H3,(H,16,20)/t10-/m0/s1. The number of amides is 1. The van der Waals surface area contributed by atoms with E-state index in [1.54, 1.807) is 6.33 Å². The number of nitrogens with one attached hydrogen (secondary N) is 1. The van der Waals surface area contributed by atoms with Gasteiger partial charge in [-0.2, -0.15) is 0 Å². The highest BCUT2D eigenvalue weighted by Gasteiger charge is 2.17. The van der Waals surface area contributed by atoms with E-state index < -0.39 is 0 Å². The van der Waals surface area contributed by atoms with Crippen LogP contribution in [-0.2, 0) is 17.9 Å². The first kappa shape index (κ1) is 15.9. The summed E-state index contributed by atoms with van der Waals surface area (Å²) in [6.07, 6.45) is 1.66. The van der Waals surface area contributed by atoms with Crippen LogP contribution in [-0.4, -0.2) is 25.9 Å². The normalized spacial score (nSPS) is 12.1. The Labute approximate surface area is 133 Å². The average molecular weight is 325 g/mol. The highest BCUT2D eigenvalue weighted by Crippen LogP contribution is 2.21. The summed E-state index contributed by atoms with van der Waals surface area (Å²) in [6.45, 7) is 5.06. The van der Waals surface area contributed by atoms with Crippen LogP contribution in [0.1, 0.15) is 19.4 Å². The third-order valence-corrected chi connectivity index (χ3v) is 4.45. The minimum absolute atomic E-state index is 0.0504. The van der Waals surface area contributed by atoms with Gasteiger partial charge >= 0.3 is 0 Å². The van der Waals surface area contributed by atoms with Crippen LogP contribution in [0, 0.1) is 0 Å². The molecule has 21 heavy (non-hydrogen) atoms. The number of aromatic nitrogens is 3. The summed E-state index contributed by atoms with van der Waals surface area (Å²) in [5.74, 6) is -0.0504. The van der Waals surface area contributed by atoms with E-state index in [2.05, 4.69) is 15.5 Å². The molecule has 0 unspecified atom stereocenters. The third kappa shape index (κ3) is 4.22. The predicted molar refractivity (Wildman–Crippen MR) is 84.3 cm³/mol. The molecule has 0 bridgehead atoms. The summed E-state index contributed by atoms with van der Waals surface area (Å²) in [5.41, 5.74) is 0.904. The zero-order valence-corrected chi connectivity index (χ0v) is 13.5. The molecule has 0 aliphatic heterocycles. The van der Waals surface area contributed by atoms with E-state index in [0.29, 0.717) is 11.6 Å². The van der Waals surface area contributed by atoms with Gasteiger partial charge in [-0.05, 0) is 25.5 Å². The lowest BCUT2D eigenvalue weighted by Gasteiger charge is -2.12. The quantitative estimate of drug-likeness (QED) is 0.830. The number of nitrogens with zero attached hydrogens (tertiary/aromatic N) is 3. The Kier molecular flexibility index (Phi) is 5.64. The maximum atomic E-state index is 12.1. The van der Waals surface area contributed by atoms with Crippen molar-refractivity contribution in [2.24, 2.45) is 0 Å². The SMILES string of the molecule is CCn1cnnc1S[C@@H](C)C(=O)NCc1ccccc1Cl. The lowest BCUT2D eigenvalue weighted by molar-refractivity contribution is -0.120. The number of rotatable bonds is 6. The summed E-state index contributed by atoms with van der Waals surface area (Å²) in [5, 5.41) is 11.9. The van der Waals surface area contributed by atoms with Crippen LogP contribution >= 0.6 is 23.4 Å². The smallest absolute Gasteiger partial charge is 0.233 e. The van der Waals surface area contributed by atoms with Gasteiger partial charge in [0.15, 0.2) is 5.16 Å². The molecule has 1 heterocycles. The number of aryl methyl sites for hydroxylation is 1. The van der Waals surface area contributed by atoms with Crippen molar-refractivity contribution < 1.29 is 4.79 Å². The molecule has 5 nitrogen and oxygen atoms in total. The van der Waals surface area contributed by atoms with Gasteiger partial charge in [-0.15, -0.1) is 10.2 Å². The Morgan fingerprint density at radius 3 is 2.95 bits per heavy atom. The predicted octanol–water partition coefficient (Wildman–Crippen LogP) is 2.75. The van der Waals surface area contributed by atoms with Gasteiger partial charge in [-0.1, -0.05) is 41.6 Å². The number of hydrogen-bond donors (Lipinski definition) is 1. The zero-order chi connectivity index (χ0) is 15.2. The van der Waals surface area contributed by atoms with Gasteiger partial charge in [0, 0.05) is 18.1 Å². The summed E-state index contributed by atoms with van der Waals surface area (Å²) in [7, 11) is 0. The minimum Gasteiger partial charge on any atom is -0.351 e. The topological polar surface area (TPSA) is 59.8 Å². The van der Waals surface area contributed by atoms with Crippen LogP contribution < -0.4 is 5.32 Å². The Balaban J connectivity index is 1.90. The molecule has 1 aromatic carbocycles. The van der Waals surface area contributed by atoms with E-state index >= 15 is 0 Å². The molecule has 0 radical (unpaired) electrons. The molecule has 0 spiro atoms. The Morgan fingerprint density at radius 1 is 1.48 bits per heavy atom. The Morgan fingerprint density at radius 2 is 2.24 bits per heavy atom. The lowest BCUT2D eigenvalue weighted by Crippen LogP contribution is -2.30. The van der Waals surface area contributed by atoms with Gasteiger partial charge in [0.05, 0.1) is 5.25 Å². The number of carbonyl (C=O) groups is 1. The fraction of sp³-hybridized carbons (Fsp3) is 0.357. The van der Waals surface area contributed by atoms with Crippen LogP contribution in [0.5, 0.6) is 0 Å². The van der Waals surface area contributed by atoms with Gasteiger partial charge < -0.3 is 9.88 Å². The van der Waals surface area contributed by atoms with Crippen molar-refractivity contribution in [1.82, 2.24) is 20.1 Å². The van der Waals surface area contributed by atoms with Gasteiger partial charge in [0.1, 0.15) is 6.33 Å². The number of halogens is 1.